The molecule has 0 saturated carbocycles. The minimum Gasteiger partial charge on any atom is -0.499 e. The number of carbonyl (C=O) groups excluding carboxylic acids is 1. The normalized spacial score (nSPS) is 21.9. The van der Waals surface area contributed by atoms with Gasteiger partial charge in [0, 0.05) is 0 Å². The maximum atomic E-state index is 11.3. The first-order valence-corrected chi connectivity index (χ1v) is 6.06. The van der Waals surface area contributed by atoms with E-state index < -0.39 is 0 Å². The van der Waals surface area contributed by atoms with Crippen LogP contribution in [-0.4, -0.2) is 18.7 Å². The van der Waals surface area contributed by atoms with Gasteiger partial charge >= 0.3 is 5.97 Å². The van der Waals surface area contributed by atoms with Crippen LogP contribution in [0.2, 0.25) is 0 Å². The summed E-state index contributed by atoms with van der Waals surface area (Å²) in [6.45, 7) is 8.51. The van der Waals surface area contributed by atoms with Crippen LogP contribution in [0.4, 0.5) is 0 Å². The number of hydrogen-bond donors (Lipinski definition) is 0. The van der Waals surface area contributed by atoms with E-state index in [0.717, 1.165) is 25.7 Å². The van der Waals surface area contributed by atoms with Crippen molar-refractivity contribution < 1.29 is 14.3 Å². The van der Waals surface area contributed by atoms with Crippen molar-refractivity contribution in [3.63, 3.8) is 0 Å². The predicted molar refractivity (Wildman–Crippen MR) is 62.8 cm³/mol. The molecule has 0 bridgehead atoms. The third-order valence-corrected chi connectivity index (χ3v) is 2.90. The summed E-state index contributed by atoms with van der Waals surface area (Å²) in [5, 5.41) is 0. The number of cyclic esters (lactones) is 1. The molecule has 0 aromatic heterocycles. The maximum absolute atomic E-state index is 11.3. The van der Waals surface area contributed by atoms with Crippen LogP contribution in [0, 0.1) is 11.8 Å². The van der Waals surface area contributed by atoms with Crippen LogP contribution in [0.1, 0.15) is 39.5 Å². The van der Waals surface area contributed by atoms with Crippen molar-refractivity contribution in [1.82, 2.24) is 0 Å². The number of carbonyl (C=O) groups is 1. The first-order valence-electron chi connectivity index (χ1n) is 6.06. The summed E-state index contributed by atoms with van der Waals surface area (Å²) < 4.78 is 10.4. The molecule has 1 heterocycles. The molecule has 3 heteroatoms. The first kappa shape index (κ1) is 13.1. The zero-order valence-corrected chi connectivity index (χ0v) is 10.3. The van der Waals surface area contributed by atoms with Gasteiger partial charge in [-0.2, -0.15) is 0 Å². The zero-order chi connectivity index (χ0) is 12.0. The summed E-state index contributed by atoms with van der Waals surface area (Å²) in [4.78, 5) is 11.3. The predicted octanol–water partition coefficient (Wildman–Crippen LogP) is 2.90. The lowest BCUT2D eigenvalue weighted by Crippen LogP contribution is -2.16. The Morgan fingerprint density at radius 1 is 1.62 bits per heavy atom. The van der Waals surface area contributed by atoms with Crippen molar-refractivity contribution in [2.45, 2.75) is 45.6 Å². The van der Waals surface area contributed by atoms with Gasteiger partial charge in [0.15, 0.2) is 0 Å². The van der Waals surface area contributed by atoms with Gasteiger partial charge in [-0.15, -0.1) is 0 Å². The van der Waals surface area contributed by atoms with Crippen LogP contribution in [-0.2, 0) is 14.3 Å². The second kappa shape index (κ2) is 6.56. The number of hydrogen-bond acceptors (Lipinski definition) is 3. The lowest BCUT2D eigenvalue weighted by molar-refractivity contribution is -0.141. The molecule has 0 spiro atoms. The molecule has 3 nitrogen and oxygen atoms in total. The van der Waals surface area contributed by atoms with Gasteiger partial charge in [0.1, 0.15) is 0 Å². The first-order chi connectivity index (χ1) is 7.63. The van der Waals surface area contributed by atoms with E-state index in [4.69, 9.17) is 9.47 Å². The van der Waals surface area contributed by atoms with Gasteiger partial charge in [0.25, 0.3) is 0 Å². The van der Waals surface area contributed by atoms with Crippen LogP contribution >= 0.6 is 0 Å². The highest BCUT2D eigenvalue weighted by Gasteiger charge is 2.27. The Balaban J connectivity index is 2.30. The van der Waals surface area contributed by atoms with E-state index in [1.54, 1.807) is 0 Å². The Morgan fingerprint density at radius 2 is 2.38 bits per heavy atom. The molecule has 0 amide bonds. The fraction of sp³-hybridized carbons (Fsp3) is 0.769. The number of ether oxygens (including phenoxy) is 2. The van der Waals surface area contributed by atoms with Crippen LogP contribution in [0.5, 0.6) is 0 Å². The highest BCUT2D eigenvalue weighted by atomic mass is 16.5. The average molecular weight is 226 g/mol. The number of rotatable bonds is 7. The summed E-state index contributed by atoms with van der Waals surface area (Å²) in [6, 6.07) is 0. The summed E-state index contributed by atoms with van der Waals surface area (Å²) in [5.41, 5.74) is 0. The quantitative estimate of drug-likeness (QED) is 0.494. The van der Waals surface area contributed by atoms with E-state index in [2.05, 4.69) is 20.4 Å². The van der Waals surface area contributed by atoms with E-state index >= 15 is 0 Å². The highest BCUT2D eigenvalue weighted by Crippen LogP contribution is 2.23. The van der Waals surface area contributed by atoms with Crippen molar-refractivity contribution in [2.24, 2.45) is 11.8 Å². The fourth-order valence-electron chi connectivity index (χ4n) is 2.09. The van der Waals surface area contributed by atoms with Gasteiger partial charge in [-0.25, -0.2) is 0 Å². The SMILES string of the molecule is C=COC(CCC1CCOC1=O)CC(C)C. The standard InChI is InChI=1S/C13H22O3/c1-4-15-12(9-10(2)3)6-5-11-7-8-16-13(11)14/h4,10-12H,1,5-9H2,2-3H3. The van der Waals surface area contributed by atoms with E-state index in [9.17, 15) is 4.79 Å². The van der Waals surface area contributed by atoms with Crippen LogP contribution in [0.3, 0.4) is 0 Å². The smallest absolute Gasteiger partial charge is 0.309 e. The lowest BCUT2D eigenvalue weighted by Gasteiger charge is -2.19. The molecular formula is C13H22O3. The van der Waals surface area contributed by atoms with E-state index in [1.165, 1.54) is 6.26 Å². The second-order valence-electron chi connectivity index (χ2n) is 4.78. The topological polar surface area (TPSA) is 35.5 Å². The van der Waals surface area contributed by atoms with Gasteiger partial charge in [-0.05, 0) is 31.6 Å². The van der Waals surface area contributed by atoms with Gasteiger partial charge < -0.3 is 9.47 Å². The van der Waals surface area contributed by atoms with E-state index in [1.807, 2.05) is 0 Å². The lowest BCUT2D eigenvalue weighted by atomic mass is 9.96. The number of esters is 1. The van der Waals surface area contributed by atoms with Crippen molar-refractivity contribution in [3.05, 3.63) is 12.8 Å². The summed E-state index contributed by atoms with van der Waals surface area (Å²) in [6.07, 6.45) is 5.33. The zero-order valence-electron chi connectivity index (χ0n) is 10.3. The molecule has 1 aliphatic heterocycles. The van der Waals surface area contributed by atoms with Gasteiger partial charge in [-0.1, -0.05) is 20.4 Å². The largest absolute Gasteiger partial charge is 0.499 e. The monoisotopic (exact) mass is 226 g/mol. The Kier molecular flexibility index (Phi) is 5.36. The molecule has 1 saturated heterocycles. The Hall–Kier alpha value is -0.990. The van der Waals surface area contributed by atoms with Crippen molar-refractivity contribution in [2.75, 3.05) is 6.61 Å². The molecule has 92 valence electrons. The third kappa shape index (κ3) is 4.25. The molecule has 0 aromatic rings. The molecule has 0 radical (unpaired) electrons. The molecular weight excluding hydrogens is 204 g/mol. The van der Waals surface area contributed by atoms with Crippen molar-refractivity contribution in [3.8, 4) is 0 Å². The minimum atomic E-state index is -0.0399. The van der Waals surface area contributed by atoms with Crippen LogP contribution in [0.25, 0.3) is 0 Å². The third-order valence-electron chi connectivity index (χ3n) is 2.90. The fourth-order valence-corrected chi connectivity index (χ4v) is 2.09. The molecule has 0 aromatic carbocycles. The molecule has 1 aliphatic rings. The summed E-state index contributed by atoms with van der Waals surface area (Å²) in [5.74, 6) is 0.644. The van der Waals surface area contributed by atoms with Gasteiger partial charge in [0.05, 0.1) is 24.9 Å². The second-order valence-corrected chi connectivity index (χ2v) is 4.78. The van der Waals surface area contributed by atoms with E-state index in [-0.39, 0.29) is 18.0 Å². The molecule has 2 unspecified atom stereocenters. The minimum absolute atomic E-state index is 0.0399. The Labute approximate surface area is 97.8 Å². The maximum Gasteiger partial charge on any atom is 0.309 e. The van der Waals surface area contributed by atoms with Crippen molar-refractivity contribution >= 4 is 5.97 Å². The Morgan fingerprint density at radius 3 is 2.88 bits per heavy atom. The summed E-state index contributed by atoms with van der Waals surface area (Å²) in [7, 11) is 0. The van der Waals surface area contributed by atoms with E-state index in [0.29, 0.717) is 12.5 Å². The van der Waals surface area contributed by atoms with Gasteiger partial charge in [-0.3, -0.25) is 4.79 Å². The van der Waals surface area contributed by atoms with Crippen molar-refractivity contribution in [1.29, 1.82) is 0 Å². The summed E-state index contributed by atoms with van der Waals surface area (Å²) >= 11 is 0. The molecule has 1 rings (SSSR count). The van der Waals surface area contributed by atoms with Crippen LogP contribution < -0.4 is 0 Å². The molecule has 1 fully saturated rings. The van der Waals surface area contributed by atoms with Crippen LogP contribution in [0.15, 0.2) is 12.8 Å². The highest BCUT2D eigenvalue weighted by molar-refractivity contribution is 5.73. The molecule has 0 N–H and O–H groups in total. The molecule has 16 heavy (non-hydrogen) atoms. The molecule has 2 atom stereocenters. The Bertz CT molecular complexity index is 235. The molecule has 0 aliphatic carbocycles. The average Bonchev–Trinajstić information content (AvgIpc) is 2.60. The van der Waals surface area contributed by atoms with Gasteiger partial charge in [0.2, 0.25) is 0 Å².